The fourth-order valence-corrected chi connectivity index (χ4v) is 4.18. The Morgan fingerprint density at radius 3 is 2.05 bits per heavy atom. The van der Waals surface area contributed by atoms with Gasteiger partial charge in [0.2, 0.25) is 0 Å². The Hall–Kier alpha value is -1.81. The Kier molecular flexibility index (Phi) is 5.08. The molecule has 0 radical (unpaired) electrons. The number of ether oxygens (including phenoxy) is 1. The van der Waals surface area contributed by atoms with Gasteiger partial charge in [-0.3, -0.25) is 0 Å². The second kappa shape index (κ2) is 6.13. The lowest BCUT2D eigenvalue weighted by Crippen LogP contribution is -2.17. The molecule has 0 saturated heterocycles. The molecule has 0 aliphatic carbocycles. The number of carboxylic acids is 1. The lowest BCUT2D eigenvalue weighted by atomic mass is 10.2. The fraction of sp³-hybridized carbons (Fsp3) is 0.417. The molecule has 0 amide bonds. The summed E-state index contributed by atoms with van der Waals surface area (Å²) in [5.41, 5.74) is 4.62. The minimum absolute atomic E-state index is 0.353. The van der Waals surface area contributed by atoms with Gasteiger partial charge in [0.15, 0.2) is 25.4 Å². The van der Waals surface area contributed by atoms with Crippen LogP contribution in [-0.2, 0) is 19.7 Å². The van der Waals surface area contributed by atoms with Crippen LogP contribution >= 0.6 is 0 Å². The molecule has 10 heteroatoms. The zero-order chi connectivity index (χ0) is 17.3. The van der Waals surface area contributed by atoms with Crippen LogP contribution in [-0.4, -0.2) is 46.5 Å². The van der Waals surface area contributed by atoms with Crippen LogP contribution in [0.15, 0.2) is 15.9 Å². The van der Waals surface area contributed by atoms with Gasteiger partial charge in [-0.15, -0.1) is 0 Å². The van der Waals surface area contributed by atoms with E-state index >= 15 is 0 Å². The van der Waals surface area contributed by atoms with Gasteiger partial charge in [-0.05, 0) is 6.07 Å². The Morgan fingerprint density at radius 1 is 1.18 bits per heavy atom. The normalized spacial score (nSPS) is 12.1. The highest BCUT2D eigenvalue weighted by molar-refractivity contribution is 7.92. The third kappa shape index (κ3) is 3.02. The molecule has 0 heterocycles. The van der Waals surface area contributed by atoms with E-state index in [4.69, 9.17) is 10.5 Å². The van der Waals surface area contributed by atoms with E-state index in [2.05, 4.69) is 0 Å². The number of nitrogens with two attached hydrogens (primary N) is 1. The molecule has 8 nitrogen and oxygen atoms in total. The van der Waals surface area contributed by atoms with Crippen molar-refractivity contribution in [3.05, 3.63) is 11.6 Å². The lowest BCUT2D eigenvalue weighted by Gasteiger charge is -2.17. The van der Waals surface area contributed by atoms with Crippen LogP contribution < -0.4 is 10.5 Å². The zero-order valence-corrected chi connectivity index (χ0v) is 13.9. The first-order valence-corrected chi connectivity index (χ1v) is 9.53. The molecule has 0 saturated carbocycles. The monoisotopic (exact) mass is 351 g/mol. The van der Waals surface area contributed by atoms with E-state index in [1.165, 1.54) is 13.8 Å². The third-order valence-corrected chi connectivity index (χ3v) is 6.63. The first kappa shape index (κ1) is 18.2. The summed E-state index contributed by atoms with van der Waals surface area (Å²) in [6.07, 6.45) is 0. The minimum atomic E-state index is -4.00. The molecule has 1 aromatic rings. The molecule has 0 aromatic heterocycles. The van der Waals surface area contributed by atoms with Crippen molar-refractivity contribution in [2.75, 3.05) is 24.3 Å². The molecule has 1 rings (SSSR count). The smallest absolute Gasteiger partial charge is 0.339 e. The van der Waals surface area contributed by atoms with Gasteiger partial charge in [-0.2, -0.15) is 0 Å². The van der Waals surface area contributed by atoms with Crippen LogP contribution in [0.1, 0.15) is 24.2 Å². The lowest BCUT2D eigenvalue weighted by molar-refractivity contribution is 0.0692. The van der Waals surface area contributed by atoms with Gasteiger partial charge in [0.25, 0.3) is 0 Å². The number of hydrogen-bond donors (Lipinski definition) is 2. The maximum absolute atomic E-state index is 12.2. The SMILES string of the molecule is CCS(=O)(=O)c1cc(C(=O)O)c(OC)c(S(=O)(=O)CC)c1N. The van der Waals surface area contributed by atoms with Gasteiger partial charge in [0.1, 0.15) is 10.5 Å². The molecular weight excluding hydrogens is 334 g/mol. The molecule has 124 valence electrons. The Morgan fingerprint density at radius 2 is 1.68 bits per heavy atom. The number of carboxylic acid groups (broad SMARTS) is 1. The van der Waals surface area contributed by atoms with Crippen molar-refractivity contribution in [2.45, 2.75) is 23.6 Å². The Bertz CT molecular complexity index is 810. The van der Waals surface area contributed by atoms with Gasteiger partial charge in [0.05, 0.1) is 29.2 Å². The third-order valence-electron chi connectivity index (χ3n) is 3.08. The summed E-state index contributed by atoms with van der Waals surface area (Å²) in [5, 5.41) is 9.20. The quantitative estimate of drug-likeness (QED) is 0.708. The topological polar surface area (TPSA) is 141 Å². The molecule has 0 aliphatic rings. The summed E-state index contributed by atoms with van der Waals surface area (Å²) in [4.78, 5) is 10.2. The van der Waals surface area contributed by atoms with E-state index in [0.29, 0.717) is 0 Å². The van der Waals surface area contributed by atoms with Gasteiger partial charge in [-0.1, -0.05) is 13.8 Å². The number of rotatable bonds is 6. The average molecular weight is 351 g/mol. The first-order valence-electron chi connectivity index (χ1n) is 6.22. The standard InChI is InChI=1S/C12H17NO7S2/c1-4-21(16,17)8-6-7(12(14)15)10(20-3)11(9(8)13)22(18,19)5-2/h6H,4-5,13H2,1-3H3,(H,14,15). The van der Waals surface area contributed by atoms with E-state index in [9.17, 15) is 26.7 Å². The van der Waals surface area contributed by atoms with Crippen molar-refractivity contribution < 1.29 is 31.5 Å². The maximum atomic E-state index is 12.2. The summed E-state index contributed by atoms with van der Waals surface area (Å²) < 4.78 is 53.4. The number of benzene rings is 1. The van der Waals surface area contributed by atoms with Gasteiger partial charge in [0, 0.05) is 0 Å². The van der Waals surface area contributed by atoms with Crippen LogP contribution in [0.5, 0.6) is 5.75 Å². The molecule has 0 aliphatic heterocycles. The van der Waals surface area contributed by atoms with Crippen LogP contribution in [0, 0.1) is 0 Å². The number of methoxy groups -OCH3 is 1. The number of sulfone groups is 2. The second-order valence-electron chi connectivity index (χ2n) is 4.31. The summed E-state index contributed by atoms with van der Waals surface area (Å²) in [6, 6.07) is 0.823. The van der Waals surface area contributed by atoms with Crippen LogP contribution in [0.25, 0.3) is 0 Å². The Labute approximate surface area is 128 Å². The highest BCUT2D eigenvalue weighted by atomic mass is 32.2. The van der Waals surface area contributed by atoms with Gasteiger partial charge in [-0.25, -0.2) is 21.6 Å². The van der Waals surface area contributed by atoms with Crippen molar-refractivity contribution >= 4 is 31.3 Å². The first-order chi connectivity index (χ1) is 10.0. The van der Waals surface area contributed by atoms with Crippen LogP contribution in [0.3, 0.4) is 0 Å². The number of nitrogen functional groups attached to an aromatic ring is 1. The molecule has 1 aromatic carbocycles. The zero-order valence-electron chi connectivity index (χ0n) is 12.3. The summed E-state index contributed by atoms with van der Waals surface area (Å²) in [7, 11) is -6.82. The number of hydrogen-bond acceptors (Lipinski definition) is 7. The van der Waals surface area contributed by atoms with Crippen molar-refractivity contribution in [1.29, 1.82) is 0 Å². The number of anilines is 1. The second-order valence-corrected chi connectivity index (χ2v) is 8.77. The molecule has 0 unspecified atom stereocenters. The van der Waals surface area contributed by atoms with Crippen molar-refractivity contribution in [3.63, 3.8) is 0 Å². The molecule has 0 atom stereocenters. The highest BCUT2D eigenvalue weighted by Gasteiger charge is 2.32. The molecule has 0 fully saturated rings. The van der Waals surface area contributed by atoms with Crippen LogP contribution in [0.2, 0.25) is 0 Å². The highest BCUT2D eigenvalue weighted by Crippen LogP contribution is 2.38. The van der Waals surface area contributed by atoms with Crippen molar-refractivity contribution in [2.24, 2.45) is 0 Å². The van der Waals surface area contributed by atoms with E-state index in [1.807, 2.05) is 0 Å². The molecule has 22 heavy (non-hydrogen) atoms. The number of carbonyl (C=O) groups is 1. The fourth-order valence-electron chi connectivity index (χ4n) is 1.86. The molecule has 0 spiro atoms. The van der Waals surface area contributed by atoms with Crippen molar-refractivity contribution in [3.8, 4) is 5.75 Å². The number of aromatic carboxylic acids is 1. The molecule has 3 N–H and O–H groups in total. The largest absolute Gasteiger partial charge is 0.494 e. The summed E-state index contributed by atoms with van der Waals surface area (Å²) in [5.74, 6) is -2.73. The molecular formula is C12H17NO7S2. The molecule has 0 bridgehead atoms. The predicted molar refractivity (Wildman–Crippen MR) is 79.8 cm³/mol. The minimum Gasteiger partial charge on any atom is -0.494 e. The van der Waals surface area contributed by atoms with E-state index in [-0.39, 0.29) is 11.5 Å². The van der Waals surface area contributed by atoms with E-state index < -0.39 is 52.4 Å². The maximum Gasteiger partial charge on any atom is 0.339 e. The summed E-state index contributed by atoms with van der Waals surface area (Å²) in [6.45, 7) is 2.67. The Balaban J connectivity index is 4.09. The average Bonchev–Trinajstić information content (AvgIpc) is 2.45. The van der Waals surface area contributed by atoms with Gasteiger partial charge < -0.3 is 15.6 Å². The van der Waals surface area contributed by atoms with Crippen molar-refractivity contribution in [1.82, 2.24) is 0 Å². The van der Waals surface area contributed by atoms with Gasteiger partial charge >= 0.3 is 5.97 Å². The summed E-state index contributed by atoms with van der Waals surface area (Å²) >= 11 is 0. The van der Waals surface area contributed by atoms with Crippen LogP contribution in [0.4, 0.5) is 5.69 Å². The predicted octanol–water partition coefficient (Wildman–Crippen LogP) is 0.563. The van der Waals surface area contributed by atoms with E-state index in [1.54, 1.807) is 0 Å². The van der Waals surface area contributed by atoms with E-state index in [0.717, 1.165) is 13.2 Å².